The van der Waals surface area contributed by atoms with E-state index in [0.29, 0.717) is 16.5 Å². The summed E-state index contributed by atoms with van der Waals surface area (Å²) in [6, 6.07) is 4.18. The maximum atomic E-state index is 11.2. The van der Waals surface area contributed by atoms with Gasteiger partial charge in [0.15, 0.2) is 5.69 Å². The van der Waals surface area contributed by atoms with Crippen LogP contribution in [0.1, 0.15) is 5.56 Å². The van der Waals surface area contributed by atoms with Gasteiger partial charge in [0, 0.05) is 18.7 Å². The van der Waals surface area contributed by atoms with Crippen molar-refractivity contribution in [2.75, 3.05) is 7.05 Å². The lowest BCUT2D eigenvalue weighted by Gasteiger charge is -2.15. The van der Waals surface area contributed by atoms with Crippen molar-refractivity contribution >= 4 is 22.6 Å². The van der Waals surface area contributed by atoms with Crippen molar-refractivity contribution in [2.24, 2.45) is 0 Å². The molecule has 0 aliphatic carbocycles. The normalized spacial score (nSPS) is 14.5. The Morgan fingerprint density at radius 1 is 1.58 bits per heavy atom. The second-order valence-electron chi connectivity index (χ2n) is 4.23. The van der Waals surface area contributed by atoms with Crippen LogP contribution in [0.3, 0.4) is 0 Å². The van der Waals surface area contributed by atoms with E-state index >= 15 is 0 Å². The Morgan fingerprint density at radius 2 is 2.32 bits per heavy atom. The molecule has 2 aromatic rings. The van der Waals surface area contributed by atoms with Gasteiger partial charge in [-0.15, -0.1) is 0 Å². The van der Waals surface area contributed by atoms with Gasteiger partial charge in [0.2, 0.25) is 0 Å². The Bertz CT molecular complexity index is 594. The zero-order valence-corrected chi connectivity index (χ0v) is 10.3. The van der Waals surface area contributed by atoms with E-state index in [1.807, 2.05) is 0 Å². The molecule has 19 heavy (non-hydrogen) atoms. The van der Waals surface area contributed by atoms with Gasteiger partial charge in [-0.3, -0.25) is 4.79 Å². The zero-order valence-electron chi connectivity index (χ0n) is 10.3. The number of quaternary nitrogens is 1. The summed E-state index contributed by atoms with van der Waals surface area (Å²) >= 11 is 0. The highest BCUT2D eigenvalue weighted by atomic mass is 16.8. The SMILES string of the molecule is CNC(Cc1c[nH]c2cccc([NH+]([O-])O)c12)C(=O)O. The summed E-state index contributed by atoms with van der Waals surface area (Å²) in [6.07, 6.45) is 1.88. The van der Waals surface area contributed by atoms with Crippen LogP contribution in [0.15, 0.2) is 24.4 Å². The molecular weight excluding hydrogens is 250 g/mol. The lowest BCUT2D eigenvalue weighted by molar-refractivity contribution is -0.990. The predicted octanol–water partition coefficient (Wildman–Crippen LogP) is -0.214. The van der Waals surface area contributed by atoms with Crippen LogP contribution in [0.25, 0.3) is 10.9 Å². The maximum absolute atomic E-state index is 11.2. The molecule has 0 saturated heterocycles. The summed E-state index contributed by atoms with van der Waals surface area (Å²) in [7, 11) is 1.56. The van der Waals surface area contributed by atoms with Crippen LogP contribution >= 0.6 is 0 Å². The molecule has 0 saturated carbocycles. The number of carboxylic acids is 1. The summed E-state index contributed by atoms with van der Waals surface area (Å²) in [5.41, 5.74) is 1.54. The Labute approximate surface area is 109 Å². The number of fused-ring (bicyclic) bond motifs is 1. The summed E-state index contributed by atoms with van der Waals surface area (Å²) in [6.45, 7) is 0. The Hall–Kier alpha value is -1.93. The fraction of sp³-hybridized carbons (Fsp3) is 0.250. The largest absolute Gasteiger partial charge is 0.595 e. The van der Waals surface area contributed by atoms with Crippen molar-refractivity contribution in [3.8, 4) is 0 Å². The van der Waals surface area contributed by atoms with E-state index in [0.717, 1.165) is 0 Å². The predicted molar refractivity (Wildman–Crippen MR) is 68.3 cm³/mol. The number of likely N-dealkylation sites (N-methyl/N-ethyl adjacent to an activating group) is 1. The van der Waals surface area contributed by atoms with E-state index in [4.69, 9.17) is 5.11 Å². The molecule has 0 spiro atoms. The van der Waals surface area contributed by atoms with E-state index in [2.05, 4.69) is 10.3 Å². The number of aromatic nitrogens is 1. The number of carbonyl (C=O) groups is 1. The molecule has 0 radical (unpaired) electrons. The highest BCUT2D eigenvalue weighted by Gasteiger charge is 2.20. The molecule has 7 nitrogen and oxygen atoms in total. The monoisotopic (exact) mass is 265 g/mol. The maximum Gasteiger partial charge on any atom is 0.321 e. The first kappa shape index (κ1) is 13.5. The first-order valence-corrected chi connectivity index (χ1v) is 5.77. The van der Waals surface area contributed by atoms with Crippen LogP contribution in [0.2, 0.25) is 0 Å². The second-order valence-corrected chi connectivity index (χ2v) is 4.23. The van der Waals surface area contributed by atoms with Gasteiger partial charge in [0.25, 0.3) is 0 Å². The first-order chi connectivity index (χ1) is 9.04. The molecule has 0 amide bonds. The lowest BCUT2D eigenvalue weighted by Crippen LogP contribution is -2.99. The number of nitrogens with one attached hydrogen (secondary N) is 3. The number of H-pyrrole nitrogens is 1. The van der Waals surface area contributed by atoms with Crippen LogP contribution < -0.4 is 10.5 Å². The summed E-state index contributed by atoms with van der Waals surface area (Å²) < 4.78 is 0. The number of benzene rings is 1. The lowest BCUT2D eigenvalue weighted by atomic mass is 10.0. The van der Waals surface area contributed by atoms with Crippen molar-refractivity contribution < 1.29 is 20.3 Å². The quantitative estimate of drug-likeness (QED) is 0.480. The van der Waals surface area contributed by atoms with Gasteiger partial charge in [0.05, 0.1) is 10.9 Å². The summed E-state index contributed by atoms with van der Waals surface area (Å²) in [5.74, 6) is -0.968. The fourth-order valence-electron chi connectivity index (χ4n) is 2.13. The van der Waals surface area contributed by atoms with Gasteiger partial charge in [-0.2, -0.15) is 5.23 Å². The summed E-state index contributed by atoms with van der Waals surface area (Å²) in [5, 5.41) is 31.7. The number of aromatic amines is 1. The molecule has 0 fully saturated rings. The third-order valence-corrected chi connectivity index (χ3v) is 3.09. The summed E-state index contributed by atoms with van der Waals surface area (Å²) in [4.78, 5) is 14.0. The topological polar surface area (TPSA) is 113 Å². The van der Waals surface area contributed by atoms with Gasteiger partial charge >= 0.3 is 5.97 Å². The van der Waals surface area contributed by atoms with E-state index < -0.39 is 17.2 Å². The number of aliphatic carboxylic acids is 1. The van der Waals surface area contributed by atoms with Gasteiger partial charge in [-0.1, -0.05) is 6.07 Å². The zero-order chi connectivity index (χ0) is 14.0. The molecule has 0 bridgehead atoms. The molecule has 102 valence electrons. The first-order valence-electron chi connectivity index (χ1n) is 5.77. The molecule has 2 rings (SSSR count). The highest BCUT2D eigenvalue weighted by molar-refractivity contribution is 5.92. The van der Waals surface area contributed by atoms with Crippen LogP contribution in [0.4, 0.5) is 5.69 Å². The molecule has 1 aromatic heterocycles. The number of carboxylic acid groups (broad SMARTS) is 1. The average Bonchev–Trinajstić information content (AvgIpc) is 2.78. The minimum atomic E-state index is -1.03. The molecule has 0 aliphatic heterocycles. The van der Waals surface area contributed by atoms with E-state index in [9.17, 15) is 15.2 Å². The standard InChI is InChI=1S/C12H15N3O4/c1-13-9(12(16)17)5-7-6-14-8-3-2-4-10(11(7)8)15(18)19/h2-4,6,9,13-15,18H,5H2,1H3,(H,16,17). The van der Waals surface area contributed by atoms with Crippen LogP contribution in [-0.2, 0) is 11.2 Å². The molecule has 1 aromatic carbocycles. The highest BCUT2D eigenvalue weighted by Crippen LogP contribution is 2.25. The van der Waals surface area contributed by atoms with Crippen molar-refractivity contribution in [1.29, 1.82) is 0 Å². The Balaban J connectivity index is 2.46. The third kappa shape index (κ3) is 2.59. The van der Waals surface area contributed by atoms with E-state index in [-0.39, 0.29) is 12.1 Å². The van der Waals surface area contributed by atoms with Crippen LogP contribution in [-0.4, -0.2) is 34.4 Å². The molecular formula is C12H15N3O4. The van der Waals surface area contributed by atoms with Crippen molar-refractivity contribution in [3.05, 3.63) is 35.2 Å². The van der Waals surface area contributed by atoms with Crippen molar-refractivity contribution in [3.63, 3.8) is 0 Å². The molecule has 0 aliphatic rings. The number of hydrogen-bond donors (Lipinski definition) is 5. The molecule has 1 heterocycles. The van der Waals surface area contributed by atoms with E-state index in [1.54, 1.807) is 25.4 Å². The molecule has 2 unspecified atom stereocenters. The third-order valence-electron chi connectivity index (χ3n) is 3.09. The number of rotatable bonds is 5. The minimum absolute atomic E-state index is 0.175. The molecule has 7 heteroatoms. The van der Waals surface area contributed by atoms with Crippen molar-refractivity contribution in [1.82, 2.24) is 10.3 Å². The van der Waals surface area contributed by atoms with Crippen molar-refractivity contribution in [2.45, 2.75) is 12.5 Å². The van der Waals surface area contributed by atoms with Crippen LogP contribution in [0, 0.1) is 5.21 Å². The fourth-order valence-corrected chi connectivity index (χ4v) is 2.13. The van der Waals surface area contributed by atoms with Gasteiger partial charge in [-0.05, 0) is 18.7 Å². The smallest absolute Gasteiger partial charge is 0.321 e. The van der Waals surface area contributed by atoms with Gasteiger partial charge in [-0.25, -0.2) is 5.21 Å². The van der Waals surface area contributed by atoms with Crippen LogP contribution in [0.5, 0.6) is 0 Å². The van der Waals surface area contributed by atoms with Gasteiger partial charge < -0.3 is 20.6 Å². The Morgan fingerprint density at radius 3 is 2.89 bits per heavy atom. The minimum Gasteiger partial charge on any atom is -0.595 e. The number of hydrogen-bond acceptors (Lipinski definition) is 4. The second kappa shape index (κ2) is 5.37. The Kier molecular flexibility index (Phi) is 3.82. The van der Waals surface area contributed by atoms with Gasteiger partial charge in [0.1, 0.15) is 6.04 Å². The average molecular weight is 265 g/mol. The molecule has 5 N–H and O–H groups in total. The molecule has 2 atom stereocenters. The van der Waals surface area contributed by atoms with E-state index in [1.165, 1.54) is 6.07 Å².